The van der Waals surface area contributed by atoms with E-state index in [9.17, 15) is 0 Å². The van der Waals surface area contributed by atoms with E-state index in [1.807, 2.05) is 13.0 Å². The Hall–Kier alpha value is -0.790. The van der Waals surface area contributed by atoms with Crippen LogP contribution in [0.1, 0.15) is 30.9 Å². The van der Waals surface area contributed by atoms with E-state index in [4.69, 9.17) is 11.6 Å². The van der Waals surface area contributed by atoms with Crippen molar-refractivity contribution < 1.29 is 0 Å². The van der Waals surface area contributed by atoms with E-state index < -0.39 is 0 Å². The van der Waals surface area contributed by atoms with Crippen LogP contribution in [0.15, 0.2) is 24.8 Å². The summed E-state index contributed by atoms with van der Waals surface area (Å²) in [6.45, 7) is 7.13. The van der Waals surface area contributed by atoms with Crippen LogP contribution < -0.4 is 5.32 Å². The molecule has 0 spiro atoms. The Kier molecular flexibility index (Phi) is 3.67. The zero-order chi connectivity index (χ0) is 11.5. The first-order valence-corrected chi connectivity index (χ1v) is 6.21. The molecule has 0 amide bonds. The van der Waals surface area contributed by atoms with Gasteiger partial charge in [-0.3, -0.25) is 0 Å². The van der Waals surface area contributed by atoms with E-state index in [-0.39, 0.29) is 0 Å². The third-order valence-electron chi connectivity index (χ3n) is 3.09. The van der Waals surface area contributed by atoms with E-state index in [2.05, 4.69) is 24.0 Å². The highest BCUT2D eigenvalue weighted by Gasteiger charge is 2.14. The summed E-state index contributed by atoms with van der Waals surface area (Å²) < 4.78 is 0. The van der Waals surface area contributed by atoms with Crippen LogP contribution in [-0.4, -0.2) is 12.6 Å². The predicted molar refractivity (Wildman–Crippen MR) is 70.9 cm³/mol. The summed E-state index contributed by atoms with van der Waals surface area (Å²) in [6, 6.07) is 6.87. The molecule has 1 aliphatic heterocycles. The lowest BCUT2D eigenvalue weighted by Gasteiger charge is -2.12. The van der Waals surface area contributed by atoms with Gasteiger partial charge in [-0.15, -0.1) is 0 Å². The third-order valence-corrected chi connectivity index (χ3v) is 3.31. The number of hydrogen-bond donors (Lipinski definition) is 1. The van der Waals surface area contributed by atoms with Crippen molar-refractivity contribution in [2.24, 2.45) is 0 Å². The Bertz CT molecular complexity index is 392. The number of halogens is 1. The molecule has 1 N–H and O–H groups in total. The molecule has 1 atom stereocenters. The van der Waals surface area contributed by atoms with Crippen LogP contribution in [-0.2, 0) is 6.42 Å². The summed E-state index contributed by atoms with van der Waals surface area (Å²) in [4.78, 5) is 0. The number of rotatable bonds is 3. The van der Waals surface area contributed by atoms with Crippen molar-refractivity contribution in [3.63, 3.8) is 0 Å². The smallest absolute Gasteiger partial charge is 0.0414 e. The van der Waals surface area contributed by atoms with E-state index in [0.29, 0.717) is 6.04 Å². The highest BCUT2D eigenvalue weighted by molar-refractivity contribution is 6.30. The van der Waals surface area contributed by atoms with Gasteiger partial charge in [0, 0.05) is 11.1 Å². The highest BCUT2D eigenvalue weighted by Crippen LogP contribution is 2.22. The van der Waals surface area contributed by atoms with Gasteiger partial charge in [0.1, 0.15) is 0 Å². The maximum absolute atomic E-state index is 6.12. The fourth-order valence-electron chi connectivity index (χ4n) is 2.23. The molecular formula is C14H18ClN. The summed E-state index contributed by atoms with van der Waals surface area (Å²) in [5, 5.41) is 4.32. The Morgan fingerprint density at radius 1 is 1.50 bits per heavy atom. The fraction of sp³-hybridized carbons (Fsp3) is 0.429. The Balaban J connectivity index is 2.16. The SMILES string of the molecule is C=C(C)c1cc(Cl)cc(CC2CCCN2)c1. The molecule has 1 aromatic rings. The summed E-state index contributed by atoms with van der Waals surface area (Å²) in [6.07, 6.45) is 3.63. The van der Waals surface area contributed by atoms with Gasteiger partial charge in [-0.1, -0.05) is 29.8 Å². The maximum Gasteiger partial charge on any atom is 0.0414 e. The van der Waals surface area contributed by atoms with Crippen LogP contribution in [0, 0.1) is 0 Å². The van der Waals surface area contributed by atoms with Gasteiger partial charge < -0.3 is 5.32 Å². The second kappa shape index (κ2) is 5.03. The second-order valence-electron chi connectivity index (χ2n) is 4.63. The summed E-state index contributed by atoms with van der Waals surface area (Å²) >= 11 is 6.12. The normalized spacial score (nSPS) is 20.0. The summed E-state index contributed by atoms with van der Waals surface area (Å²) in [7, 11) is 0. The number of nitrogens with one attached hydrogen (secondary N) is 1. The zero-order valence-corrected chi connectivity index (χ0v) is 10.5. The van der Waals surface area contributed by atoms with Gasteiger partial charge in [0.15, 0.2) is 0 Å². The van der Waals surface area contributed by atoms with Gasteiger partial charge in [-0.05, 0) is 56.0 Å². The van der Waals surface area contributed by atoms with Crippen molar-refractivity contribution >= 4 is 17.2 Å². The molecule has 1 nitrogen and oxygen atoms in total. The molecule has 1 heterocycles. The fourth-order valence-corrected chi connectivity index (χ4v) is 2.49. The van der Waals surface area contributed by atoms with Gasteiger partial charge in [-0.25, -0.2) is 0 Å². The molecule has 1 aromatic carbocycles. The van der Waals surface area contributed by atoms with Crippen molar-refractivity contribution in [1.29, 1.82) is 0 Å². The van der Waals surface area contributed by atoms with Crippen molar-refractivity contribution in [2.45, 2.75) is 32.2 Å². The Labute approximate surface area is 103 Å². The van der Waals surface area contributed by atoms with E-state index in [1.165, 1.54) is 18.4 Å². The first-order valence-electron chi connectivity index (χ1n) is 5.84. The first-order chi connectivity index (χ1) is 7.65. The first kappa shape index (κ1) is 11.7. The predicted octanol–water partition coefficient (Wildman–Crippen LogP) is 3.67. The van der Waals surface area contributed by atoms with Crippen molar-refractivity contribution in [3.8, 4) is 0 Å². The zero-order valence-electron chi connectivity index (χ0n) is 9.72. The molecule has 2 heteroatoms. The van der Waals surface area contributed by atoms with Crippen LogP contribution in [0.3, 0.4) is 0 Å². The molecule has 1 saturated heterocycles. The third kappa shape index (κ3) is 2.87. The van der Waals surface area contributed by atoms with Gasteiger partial charge in [0.05, 0.1) is 0 Å². The van der Waals surface area contributed by atoms with Crippen LogP contribution in [0.2, 0.25) is 5.02 Å². The Morgan fingerprint density at radius 3 is 2.94 bits per heavy atom. The van der Waals surface area contributed by atoms with Crippen LogP contribution in [0.5, 0.6) is 0 Å². The minimum atomic E-state index is 0.622. The lowest BCUT2D eigenvalue weighted by atomic mass is 10.00. The summed E-state index contributed by atoms with van der Waals surface area (Å²) in [5.74, 6) is 0. The van der Waals surface area contributed by atoms with Crippen LogP contribution in [0.25, 0.3) is 5.57 Å². The average Bonchev–Trinajstić information content (AvgIpc) is 2.69. The Morgan fingerprint density at radius 2 is 2.31 bits per heavy atom. The van der Waals surface area contributed by atoms with Gasteiger partial charge in [-0.2, -0.15) is 0 Å². The molecule has 1 fully saturated rings. The monoisotopic (exact) mass is 235 g/mol. The molecule has 2 rings (SSSR count). The van der Waals surface area contributed by atoms with Crippen molar-refractivity contribution in [3.05, 3.63) is 40.9 Å². The van der Waals surface area contributed by atoms with Crippen molar-refractivity contribution in [2.75, 3.05) is 6.54 Å². The quantitative estimate of drug-likeness (QED) is 0.843. The molecule has 0 radical (unpaired) electrons. The molecular weight excluding hydrogens is 218 g/mol. The minimum absolute atomic E-state index is 0.622. The highest BCUT2D eigenvalue weighted by atomic mass is 35.5. The van der Waals surface area contributed by atoms with Crippen molar-refractivity contribution in [1.82, 2.24) is 5.32 Å². The minimum Gasteiger partial charge on any atom is -0.314 e. The van der Waals surface area contributed by atoms with Gasteiger partial charge >= 0.3 is 0 Å². The number of allylic oxidation sites excluding steroid dienone is 1. The lowest BCUT2D eigenvalue weighted by Crippen LogP contribution is -2.23. The summed E-state index contributed by atoms with van der Waals surface area (Å²) in [5.41, 5.74) is 3.54. The standard InChI is InChI=1S/C14H18ClN/c1-10(2)12-6-11(7-13(15)9-12)8-14-4-3-5-16-14/h6-7,9,14,16H,1,3-5,8H2,2H3. The molecule has 0 bridgehead atoms. The topological polar surface area (TPSA) is 12.0 Å². The van der Waals surface area contributed by atoms with E-state index in [1.54, 1.807) is 0 Å². The molecule has 1 aliphatic rings. The average molecular weight is 236 g/mol. The van der Waals surface area contributed by atoms with Gasteiger partial charge in [0.2, 0.25) is 0 Å². The number of hydrogen-bond acceptors (Lipinski definition) is 1. The van der Waals surface area contributed by atoms with Crippen LogP contribution >= 0.6 is 11.6 Å². The molecule has 0 aliphatic carbocycles. The van der Waals surface area contributed by atoms with Crippen LogP contribution in [0.4, 0.5) is 0 Å². The largest absolute Gasteiger partial charge is 0.314 e. The second-order valence-corrected chi connectivity index (χ2v) is 5.06. The van der Waals surface area contributed by atoms with E-state index in [0.717, 1.165) is 29.1 Å². The molecule has 0 saturated carbocycles. The molecule has 1 unspecified atom stereocenters. The molecule has 86 valence electrons. The van der Waals surface area contributed by atoms with Gasteiger partial charge in [0.25, 0.3) is 0 Å². The lowest BCUT2D eigenvalue weighted by molar-refractivity contribution is 0.603. The molecule has 0 aromatic heterocycles. The maximum atomic E-state index is 6.12. The molecule has 16 heavy (non-hydrogen) atoms. The number of benzene rings is 1. The van der Waals surface area contributed by atoms with E-state index >= 15 is 0 Å².